The molecule has 0 aliphatic heterocycles. The Morgan fingerprint density at radius 2 is 1.55 bits per heavy atom. The third-order valence-electron chi connectivity index (χ3n) is 3.62. The van der Waals surface area contributed by atoms with Crippen molar-refractivity contribution in [1.29, 1.82) is 0 Å². The Balaban J connectivity index is 1.81. The summed E-state index contributed by atoms with van der Waals surface area (Å²) in [5, 5.41) is 0. The maximum absolute atomic E-state index is 13.7. The van der Waals surface area contributed by atoms with Crippen LogP contribution in [0.2, 0.25) is 0 Å². The van der Waals surface area contributed by atoms with Gasteiger partial charge in [0.2, 0.25) is 0 Å². The van der Waals surface area contributed by atoms with Crippen molar-refractivity contribution < 1.29 is 25.6 Å². The van der Waals surface area contributed by atoms with E-state index in [2.05, 4.69) is 19.4 Å². The molecule has 29 heavy (non-hydrogen) atoms. The van der Waals surface area contributed by atoms with Gasteiger partial charge in [-0.3, -0.25) is 9.44 Å². The summed E-state index contributed by atoms with van der Waals surface area (Å²) < 4.78 is 80.5. The Labute approximate surface area is 165 Å². The maximum Gasteiger partial charge on any atom is 0.264 e. The fourth-order valence-corrected chi connectivity index (χ4v) is 4.44. The van der Waals surface area contributed by atoms with Gasteiger partial charge >= 0.3 is 0 Å². The molecule has 0 fully saturated rings. The Hall–Kier alpha value is -3.12. The predicted octanol–water partition coefficient (Wildman–Crippen LogP) is 2.66. The van der Waals surface area contributed by atoms with Crippen molar-refractivity contribution in [3.8, 4) is 0 Å². The van der Waals surface area contributed by atoms with Gasteiger partial charge in [-0.15, -0.1) is 0 Å². The maximum atomic E-state index is 13.7. The van der Waals surface area contributed by atoms with Crippen LogP contribution in [0.5, 0.6) is 0 Å². The molecule has 8 nitrogen and oxygen atoms in total. The highest BCUT2D eigenvalue weighted by Crippen LogP contribution is 2.22. The van der Waals surface area contributed by atoms with Crippen LogP contribution in [0, 0.1) is 18.6 Å². The van der Waals surface area contributed by atoms with E-state index in [4.69, 9.17) is 0 Å². The lowest BCUT2D eigenvalue weighted by Gasteiger charge is -2.11. The van der Waals surface area contributed by atoms with E-state index >= 15 is 0 Å². The van der Waals surface area contributed by atoms with Gasteiger partial charge < -0.3 is 0 Å². The average molecular weight is 440 g/mol. The van der Waals surface area contributed by atoms with Gasteiger partial charge in [-0.05, 0) is 49.4 Å². The first kappa shape index (κ1) is 20.6. The summed E-state index contributed by atoms with van der Waals surface area (Å²) in [4.78, 5) is 6.92. The highest BCUT2D eigenvalue weighted by Gasteiger charge is 2.20. The van der Waals surface area contributed by atoms with Crippen molar-refractivity contribution in [1.82, 2.24) is 9.97 Å². The summed E-state index contributed by atoms with van der Waals surface area (Å²) in [5.74, 6) is -1.71. The zero-order chi connectivity index (χ0) is 21.2. The van der Waals surface area contributed by atoms with Crippen LogP contribution in [0.15, 0.2) is 64.5 Å². The van der Waals surface area contributed by atoms with Crippen LogP contribution in [0.4, 0.5) is 20.3 Å². The first-order valence-corrected chi connectivity index (χ1v) is 10.9. The summed E-state index contributed by atoms with van der Waals surface area (Å²) >= 11 is 0. The molecule has 3 aromatic rings. The molecular formula is C17H14F2N4O4S2. The summed E-state index contributed by atoms with van der Waals surface area (Å²) in [6.45, 7) is 1.60. The van der Waals surface area contributed by atoms with E-state index in [-0.39, 0.29) is 16.4 Å². The largest absolute Gasteiger partial charge is 0.280 e. The quantitative estimate of drug-likeness (QED) is 0.608. The Morgan fingerprint density at radius 3 is 2.17 bits per heavy atom. The lowest BCUT2D eigenvalue weighted by atomic mass is 10.3. The van der Waals surface area contributed by atoms with Gasteiger partial charge in [0, 0.05) is 18.0 Å². The standard InChI is InChI=1S/C17H14F2N4O4S2/c1-11-20-9-8-17(21-11)23-28(24,25)14-5-3-13(4-6-14)22-29(26,27)16-7-2-12(18)10-15(16)19/h2-10,22H,1H3,(H,20,21,23). The number of aryl methyl sites for hydroxylation is 1. The van der Waals surface area contributed by atoms with Crippen LogP contribution in [-0.4, -0.2) is 26.8 Å². The molecule has 0 amide bonds. The number of hydrogen-bond donors (Lipinski definition) is 2. The SMILES string of the molecule is Cc1nccc(NS(=O)(=O)c2ccc(NS(=O)(=O)c3ccc(F)cc3F)cc2)n1. The number of aromatic nitrogens is 2. The third kappa shape index (κ3) is 4.84. The second-order valence-corrected chi connectivity index (χ2v) is 9.13. The molecule has 152 valence electrons. The lowest BCUT2D eigenvalue weighted by Crippen LogP contribution is -2.16. The van der Waals surface area contributed by atoms with Crippen LogP contribution in [0.25, 0.3) is 0 Å². The molecule has 2 aromatic carbocycles. The lowest BCUT2D eigenvalue weighted by molar-refractivity contribution is 0.551. The summed E-state index contributed by atoms with van der Waals surface area (Å²) in [6, 6.07) is 8.14. The minimum Gasteiger partial charge on any atom is -0.280 e. The normalized spacial score (nSPS) is 11.8. The molecule has 0 saturated heterocycles. The number of sulfonamides is 2. The molecule has 0 saturated carbocycles. The second-order valence-electron chi connectivity index (χ2n) is 5.80. The highest BCUT2D eigenvalue weighted by molar-refractivity contribution is 7.93. The number of anilines is 2. The topological polar surface area (TPSA) is 118 Å². The van der Waals surface area contributed by atoms with Crippen molar-refractivity contribution in [2.45, 2.75) is 16.7 Å². The summed E-state index contributed by atoms with van der Waals surface area (Å²) in [6.07, 6.45) is 1.40. The third-order valence-corrected chi connectivity index (χ3v) is 6.40. The first-order valence-electron chi connectivity index (χ1n) is 7.97. The van der Waals surface area contributed by atoms with E-state index in [1.807, 2.05) is 0 Å². The molecule has 0 aliphatic carbocycles. The van der Waals surface area contributed by atoms with Gasteiger partial charge in [0.15, 0.2) is 0 Å². The number of halogens is 2. The van der Waals surface area contributed by atoms with Crippen LogP contribution >= 0.6 is 0 Å². The van der Waals surface area contributed by atoms with Crippen LogP contribution in [-0.2, 0) is 20.0 Å². The zero-order valence-corrected chi connectivity index (χ0v) is 16.4. The van der Waals surface area contributed by atoms with Crippen molar-refractivity contribution in [2.24, 2.45) is 0 Å². The van der Waals surface area contributed by atoms with Crippen LogP contribution < -0.4 is 9.44 Å². The fourth-order valence-electron chi connectivity index (χ4n) is 2.32. The molecule has 3 rings (SSSR count). The first-order chi connectivity index (χ1) is 13.6. The van der Waals surface area contributed by atoms with E-state index in [1.54, 1.807) is 6.92 Å². The summed E-state index contributed by atoms with van der Waals surface area (Å²) in [5.41, 5.74) is -0.00874. The zero-order valence-electron chi connectivity index (χ0n) is 14.8. The minimum atomic E-state index is -4.34. The van der Waals surface area contributed by atoms with Crippen molar-refractivity contribution >= 4 is 31.6 Å². The Morgan fingerprint density at radius 1 is 0.862 bits per heavy atom. The predicted molar refractivity (Wildman–Crippen MR) is 101 cm³/mol. The molecular weight excluding hydrogens is 426 g/mol. The van der Waals surface area contributed by atoms with Gasteiger partial charge in [-0.2, -0.15) is 0 Å². The van der Waals surface area contributed by atoms with E-state index < -0.39 is 36.6 Å². The van der Waals surface area contributed by atoms with Crippen molar-refractivity contribution in [3.05, 3.63) is 72.2 Å². The number of nitrogens with one attached hydrogen (secondary N) is 2. The smallest absolute Gasteiger partial charge is 0.264 e. The van der Waals surface area contributed by atoms with E-state index in [0.29, 0.717) is 11.9 Å². The number of nitrogens with zero attached hydrogens (tertiary/aromatic N) is 2. The molecule has 1 heterocycles. The van der Waals surface area contributed by atoms with Gasteiger partial charge in [0.25, 0.3) is 20.0 Å². The van der Waals surface area contributed by atoms with Gasteiger partial charge in [0.1, 0.15) is 28.2 Å². The molecule has 2 N–H and O–H groups in total. The fraction of sp³-hybridized carbons (Fsp3) is 0.0588. The Kier molecular flexibility index (Phi) is 5.48. The van der Waals surface area contributed by atoms with Crippen molar-refractivity contribution in [2.75, 3.05) is 9.44 Å². The number of benzene rings is 2. The minimum absolute atomic E-state index is 0.00874. The summed E-state index contributed by atoms with van der Waals surface area (Å²) in [7, 11) is -8.31. The molecule has 1 aromatic heterocycles. The molecule has 0 atom stereocenters. The molecule has 0 spiro atoms. The highest BCUT2D eigenvalue weighted by atomic mass is 32.2. The van der Waals surface area contributed by atoms with Gasteiger partial charge in [0.05, 0.1) is 4.90 Å². The average Bonchev–Trinajstić information content (AvgIpc) is 2.61. The van der Waals surface area contributed by atoms with Gasteiger partial charge in [-0.1, -0.05) is 0 Å². The van der Waals surface area contributed by atoms with E-state index in [1.165, 1.54) is 24.4 Å². The number of hydrogen-bond acceptors (Lipinski definition) is 6. The van der Waals surface area contributed by atoms with E-state index in [9.17, 15) is 25.6 Å². The molecule has 12 heteroatoms. The van der Waals surface area contributed by atoms with Crippen LogP contribution in [0.1, 0.15) is 5.82 Å². The molecule has 0 unspecified atom stereocenters. The molecule has 0 bridgehead atoms. The monoisotopic (exact) mass is 440 g/mol. The molecule has 0 aliphatic rings. The number of rotatable bonds is 6. The van der Waals surface area contributed by atoms with Gasteiger partial charge in [-0.25, -0.2) is 35.6 Å². The van der Waals surface area contributed by atoms with E-state index in [0.717, 1.165) is 24.3 Å². The Bertz CT molecular complexity index is 1260. The second kappa shape index (κ2) is 7.72. The van der Waals surface area contributed by atoms with Crippen LogP contribution in [0.3, 0.4) is 0 Å². The van der Waals surface area contributed by atoms with Crippen molar-refractivity contribution in [3.63, 3.8) is 0 Å². The molecule has 0 radical (unpaired) electrons.